The molecule has 1 N–H and O–H groups in total. The quantitative estimate of drug-likeness (QED) is 0.928. The summed E-state index contributed by atoms with van der Waals surface area (Å²) >= 11 is 5.91. The van der Waals surface area contributed by atoms with Crippen LogP contribution in [-0.2, 0) is 6.42 Å². The van der Waals surface area contributed by atoms with Crippen LogP contribution in [-0.4, -0.2) is 12.0 Å². The molecule has 1 aromatic heterocycles. The van der Waals surface area contributed by atoms with E-state index in [0.717, 1.165) is 6.20 Å². The van der Waals surface area contributed by atoms with Gasteiger partial charge in [0.2, 0.25) is 0 Å². The van der Waals surface area contributed by atoms with Crippen molar-refractivity contribution in [3.05, 3.63) is 64.4 Å². The van der Waals surface area contributed by atoms with E-state index in [9.17, 15) is 8.78 Å². The summed E-state index contributed by atoms with van der Waals surface area (Å²) < 4.78 is 27.1. The molecule has 100 valence electrons. The lowest BCUT2D eigenvalue weighted by Crippen LogP contribution is -2.20. The Morgan fingerprint density at radius 1 is 1.26 bits per heavy atom. The molecular weight excluding hydrogens is 270 g/mol. The van der Waals surface area contributed by atoms with Gasteiger partial charge in [-0.3, -0.25) is 4.98 Å². The van der Waals surface area contributed by atoms with Gasteiger partial charge in [-0.15, -0.1) is 0 Å². The molecule has 0 aliphatic rings. The number of nitrogens with zero attached hydrogens (tertiary/aromatic N) is 1. The molecule has 2 aromatic rings. The highest BCUT2D eigenvalue weighted by Crippen LogP contribution is 2.26. The number of rotatable bonds is 4. The zero-order valence-corrected chi connectivity index (χ0v) is 11.1. The summed E-state index contributed by atoms with van der Waals surface area (Å²) in [6.07, 6.45) is 3.08. The Bertz CT molecular complexity index is 575. The summed E-state index contributed by atoms with van der Waals surface area (Å²) in [6, 6.07) is 5.93. The number of aromatic nitrogens is 1. The third-order valence-corrected chi connectivity index (χ3v) is 3.41. The van der Waals surface area contributed by atoms with Crippen molar-refractivity contribution in [2.75, 3.05) is 7.05 Å². The Morgan fingerprint density at radius 3 is 2.74 bits per heavy atom. The molecule has 1 unspecified atom stereocenters. The summed E-state index contributed by atoms with van der Waals surface area (Å²) in [5.41, 5.74) is 1.12. The number of pyridine rings is 1. The first-order valence-corrected chi connectivity index (χ1v) is 6.21. The monoisotopic (exact) mass is 282 g/mol. The third-order valence-electron chi connectivity index (χ3n) is 2.98. The lowest BCUT2D eigenvalue weighted by atomic mass is 9.99. The summed E-state index contributed by atoms with van der Waals surface area (Å²) in [7, 11) is 1.72. The standard InChI is InChI=1S/C14H13ClF2N2/c1-18-13(10-5-6-19-8-12(10)17)7-9-3-2-4-11(16)14(9)15/h2-6,8,13,18H,7H2,1H3. The van der Waals surface area contributed by atoms with Crippen LogP contribution in [0.25, 0.3) is 0 Å². The maximum atomic E-state index is 13.7. The Morgan fingerprint density at radius 2 is 2.05 bits per heavy atom. The van der Waals surface area contributed by atoms with Crippen molar-refractivity contribution in [3.8, 4) is 0 Å². The molecule has 1 heterocycles. The van der Waals surface area contributed by atoms with Gasteiger partial charge in [-0.1, -0.05) is 23.7 Å². The van der Waals surface area contributed by atoms with E-state index in [1.165, 1.54) is 12.3 Å². The first kappa shape index (κ1) is 13.9. The first-order valence-electron chi connectivity index (χ1n) is 5.83. The Labute approximate surface area is 115 Å². The molecule has 1 aromatic carbocycles. The minimum atomic E-state index is -0.468. The van der Waals surface area contributed by atoms with Crippen LogP contribution in [0.3, 0.4) is 0 Å². The molecule has 0 fully saturated rings. The Kier molecular flexibility index (Phi) is 4.45. The Hall–Kier alpha value is -1.52. The van der Waals surface area contributed by atoms with E-state index in [0.29, 0.717) is 17.5 Å². The summed E-state index contributed by atoms with van der Waals surface area (Å²) in [5, 5.41) is 3.09. The summed E-state index contributed by atoms with van der Waals surface area (Å²) in [6.45, 7) is 0. The van der Waals surface area contributed by atoms with Crippen molar-refractivity contribution in [2.24, 2.45) is 0 Å². The van der Waals surface area contributed by atoms with E-state index in [2.05, 4.69) is 10.3 Å². The van der Waals surface area contributed by atoms with Crippen molar-refractivity contribution >= 4 is 11.6 Å². The smallest absolute Gasteiger partial charge is 0.146 e. The molecule has 0 bridgehead atoms. The largest absolute Gasteiger partial charge is 0.313 e. The van der Waals surface area contributed by atoms with Gasteiger partial charge in [0.25, 0.3) is 0 Å². The second-order valence-corrected chi connectivity index (χ2v) is 4.53. The molecule has 0 radical (unpaired) electrons. The van der Waals surface area contributed by atoms with E-state index in [4.69, 9.17) is 11.6 Å². The molecule has 0 aliphatic carbocycles. The highest BCUT2D eigenvalue weighted by Gasteiger charge is 2.16. The lowest BCUT2D eigenvalue weighted by Gasteiger charge is -2.18. The number of halogens is 3. The Balaban J connectivity index is 2.30. The summed E-state index contributed by atoms with van der Waals surface area (Å²) in [5.74, 6) is -0.862. The van der Waals surface area contributed by atoms with Gasteiger partial charge in [-0.05, 0) is 31.2 Å². The fraction of sp³-hybridized carbons (Fsp3) is 0.214. The predicted molar refractivity (Wildman–Crippen MR) is 71.1 cm³/mol. The van der Waals surface area contributed by atoms with Gasteiger partial charge in [-0.2, -0.15) is 0 Å². The number of benzene rings is 1. The zero-order chi connectivity index (χ0) is 13.8. The molecule has 0 saturated heterocycles. The van der Waals surface area contributed by atoms with Gasteiger partial charge < -0.3 is 5.32 Å². The number of hydrogen-bond donors (Lipinski definition) is 1. The number of nitrogens with one attached hydrogen (secondary N) is 1. The molecule has 0 saturated carbocycles. The molecule has 0 amide bonds. The van der Waals surface area contributed by atoms with E-state index >= 15 is 0 Å². The van der Waals surface area contributed by atoms with Gasteiger partial charge in [-0.25, -0.2) is 8.78 Å². The number of likely N-dealkylation sites (N-methyl/N-ethyl adjacent to an activating group) is 1. The van der Waals surface area contributed by atoms with E-state index in [1.54, 1.807) is 25.2 Å². The maximum absolute atomic E-state index is 13.7. The molecule has 5 heteroatoms. The minimum Gasteiger partial charge on any atom is -0.313 e. The fourth-order valence-electron chi connectivity index (χ4n) is 1.96. The van der Waals surface area contributed by atoms with Crippen LogP contribution in [0.4, 0.5) is 8.78 Å². The van der Waals surface area contributed by atoms with Crippen LogP contribution in [0.2, 0.25) is 5.02 Å². The van der Waals surface area contributed by atoms with Gasteiger partial charge in [0.15, 0.2) is 0 Å². The van der Waals surface area contributed by atoms with Gasteiger partial charge >= 0.3 is 0 Å². The second-order valence-electron chi connectivity index (χ2n) is 4.16. The average molecular weight is 283 g/mol. The predicted octanol–water partition coefficient (Wildman–Crippen LogP) is 3.52. The molecule has 0 aliphatic heterocycles. The summed E-state index contributed by atoms with van der Waals surface area (Å²) in [4.78, 5) is 3.71. The van der Waals surface area contributed by atoms with Gasteiger partial charge in [0.1, 0.15) is 11.6 Å². The second kappa shape index (κ2) is 6.08. The fourth-order valence-corrected chi connectivity index (χ4v) is 2.17. The van der Waals surface area contributed by atoms with Gasteiger partial charge in [0, 0.05) is 17.8 Å². The normalized spacial score (nSPS) is 12.4. The highest BCUT2D eigenvalue weighted by atomic mass is 35.5. The highest BCUT2D eigenvalue weighted by molar-refractivity contribution is 6.31. The third kappa shape index (κ3) is 3.08. The average Bonchev–Trinajstić information content (AvgIpc) is 2.41. The van der Waals surface area contributed by atoms with E-state index < -0.39 is 11.6 Å². The first-order chi connectivity index (χ1) is 9.13. The minimum absolute atomic E-state index is 0.0808. The van der Waals surface area contributed by atoms with Crippen molar-refractivity contribution in [3.63, 3.8) is 0 Å². The SMILES string of the molecule is CNC(Cc1cccc(F)c1Cl)c1ccncc1F. The van der Waals surface area contributed by atoms with Crippen LogP contribution in [0.15, 0.2) is 36.7 Å². The van der Waals surface area contributed by atoms with E-state index in [1.807, 2.05) is 0 Å². The maximum Gasteiger partial charge on any atom is 0.146 e. The van der Waals surface area contributed by atoms with Gasteiger partial charge in [0.05, 0.1) is 11.2 Å². The van der Waals surface area contributed by atoms with Crippen LogP contribution in [0, 0.1) is 11.6 Å². The van der Waals surface area contributed by atoms with Crippen molar-refractivity contribution < 1.29 is 8.78 Å². The van der Waals surface area contributed by atoms with Crippen molar-refractivity contribution in [2.45, 2.75) is 12.5 Å². The lowest BCUT2D eigenvalue weighted by molar-refractivity contribution is 0.529. The van der Waals surface area contributed by atoms with Crippen LogP contribution in [0.1, 0.15) is 17.2 Å². The molecule has 19 heavy (non-hydrogen) atoms. The van der Waals surface area contributed by atoms with Crippen molar-refractivity contribution in [1.29, 1.82) is 0 Å². The topological polar surface area (TPSA) is 24.9 Å². The van der Waals surface area contributed by atoms with Crippen LogP contribution in [0.5, 0.6) is 0 Å². The molecule has 2 rings (SSSR count). The molecule has 0 spiro atoms. The number of hydrogen-bond acceptors (Lipinski definition) is 2. The van der Waals surface area contributed by atoms with E-state index in [-0.39, 0.29) is 11.1 Å². The van der Waals surface area contributed by atoms with Crippen LogP contribution >= 0.6 is 11.6 Å². The van der Waals surface area contributed by atoms with Crippen molar-refractivity contribution in [1.82, 2.24) is 10.3 Å². The molecule has 2 nitrogen and oxygen atoms in total. The molecule has 1 atom stereocenters. The van der Waals surface area contributed by atoms with Crippen LogP contribution < -0.4 is 5.32 Å². The zero-order valence-electron chi connectivity index (χ0n) is 10.3. The molecular formula is C14H13ClF2N2.